The van der Waals surface area contributed by atoms with Crippen LogP contribution in [0, 0.1) is 18.3 Å². The first kappa shape index (κ1) is 18.0. The molecule has 7 heteroatoms. The van der Waals surface area contributed by atoms with Crippen LogP contribution >= 0.6 is 11.6 Å². The molecule has 0 aliphatic carbocycles. The summed E-state index contributed by atoms with van der Waals surface area (Å²) in [5.41, 5.74) is 7.97. The number of amides is 1. The molecule has 1 aliphatic heterocycles. The van der Waals surface area contributed by atoms with Crippen molar-refractivity contribution < 1.29 is 9.53 Å². The Morgan fingerprint density at radius 3 is 3.04 bits per heavy atom. The summed E-state index contributed by atoms with van der Waals surface area (Å²) in [4.78, 5) is 18.8. The van der Waals surface area contributed by atoms with Crippen molar-refractivity contribution in [2.24, 2.45) is 0 Å². The number of benzene rings is 1. The van der Waals surface area contributed by atoms with Gasteiger partial charge < -0.3 is 15.4 Å². The highest BCUT2D eigenvalue weighted by Gasteiger charge is 2.27. The zero-order chi connectivity index (χ0) is 18.7. The van der Waals surface area contributed by atoms with Crippen molar-refractivity contribution >= 4 is 23.2 Å². The lowest BCUT2D eigenvalue weighted by Gasteiger charge is -2.33. The highest BCUT2D eigenvalue weighted by Crippen LogP contribution is 2.25. The Balaban J connectivity index is 1.75. The molecule has 1 aliphatic rings. The summed E-state index contributed by atoms with van der Waals surface area (Å²) >= 11 is 6.00. The topological polar surface area (TPSA) is 92.2 Å². The van der Waals surface area contributed by atoms with Gasteiger partial charge in [0, 0.05) is 29.0 Å². The molecule has 1 aromatic heterocycles. The van der Waals surface area contributed by atoms with E-state index in [1.807, 2.05) is 0 Å². The van der Waals surface area contributed by atoms with E-state index >= 15 is 0 Å². The Labute approximate surface area is 157 Å². The molecule has 2 heterocycles. The fourth-order valence-electron chi connectivity index (χ4n) is 3.02. The average Bonchev–Trinajstić information content (AvgIpc) is 2.65. The van der Waals surface area contributed by atoms with Crippen molar-refractivity contribution in [3.05, 3.63) is 52.2 Å². The van der Waals surface area contributed by atoms with E-state index < -0.39 is 0 Å². The Hall–Kier alpha value is -2.78. The van der Waals surface area contributed by atoms with Crippen molar-refractivity contribution in [2.75, 3.05) is 18.8 Å². The smallest absolute Gasteiger partial charge is 0.256 e. The molecule has 2 aromatic rings. The van der Waals surface area contributed by atoms with Gasteiger partial charge in [-0.15, -0.1) is 0 Å². The maximum Gasteiger partial charge on any atom is 0.256 e. The van der Waals surface area contributed by atoms with Crippen LogP contribution in [0.25, 0.3) is 0 Å². The van der Waals surface area contributed by atoms with Crippen molar-refractivity contribution in [1.29, 1.82) is 5.26 Å². The van der Waals surface area contributed by atoms with Gasteiger partial charge in [-0.1, -0.05) is 11.6 Å². The van der Waals surface area contributed by atoms with Crippen LogP contribution in [0.2, 0.25) is 5.02 Å². The predicted octanol–water partition coefficient (Wildman–Crippen LogP) is 3.18. The van der Waals surface area contributed by atoms with E-state index in [-0.39, 0.29) is 12.0 Å². The quantitative estimate of drug-likeness (QED) is 0.837. The second-order valence-corrected chi connectivity index (χ2v) is 6.70. The maximum atomic E-state index is 12.8. The highest BCUT2D eigenvalue weighted by molar-refractivity contribution is 6.31. The Kier molecular flexibility index (Phi) is 5.29. The van der Waals surface area contributed by atoms with Crippen molar-refractivity contribution in [1.82, 2.24) is 9.88 Å². The van der Waals surface area contributed by atoms with Crippen molar-refractivity contribution in [3.63, 3.8) is 0 Å². The molecule has 2 N–H and O–H groups in total. The van der Waals surface area contributed by atoms with E-state index in [1.54, 1.807) is 42.3 Å². The summed E-state index contributed by atoms with van der Waals surface area (Å²) < 4.78 is 5.99. The zero-order valence-electron chi connectivity index (χ0n) is 14.4. The van der Waals surface area contributed by atoms with Crippen molar-refractivity contribution in [3.8, 4) is 11.9 Å². The van der Waals surface area contributed by atoms with Crippen molar-refractivity contribution in [2.45, 2.75) is 25.9 Å². The van der Waals surface area contributed by atoms with Crippen LogP contribution < -0.4 is 10.5 Å². The van der Waals surface area contributed by atoms with Crippen LogP contribution in [0.15, 0.2) is 30.5 Å². The number of nitriles is 1. The number of carbonyl (C=O) groups is 1. The van der Waals surface area contributed by atoms with Gasteiger partial charge in [0.2, 0.25) is 5.88 Å². The number of piperidine rings is 1. The second kappa shape index (κ2) is 7.63. The molecule has 0 unspecified atom stereocenters. The maximum absolute atomic E-state index is 12.8. The second-order valence-electron chi connectivity index (χ2n) is 6.27. The molecule has 0 bridgehead atoms. The van der Waals surface area contributed by atoms with E-state index in [4.69, 9.17) is 27.3 Å². The number of aromatic nitrogens is 1. The van der Waals surface area contributed by atoms with Gasteiger partial charge in [0.15, 0.2) is 0 Å². The van der Waals surface area contributed by atoms with Crippen LogP contribution in [0.5, 0.6) is 5.88 Å². The first-order valence-corrected chi connectivity index (χ1v) is 8.74. The minimum atomic E-state index is -0.187. The van der Waals surface area contributed by atoms with E-state index in [0.717, 1.165) is 12.8 Å². The lowest BCUT2D eigenvalue weighted by atomic mass is 10.1. The minimum absolute atomic E-state index is 0.159. The highest BCUT2D eigenvalue weighted by atomic mass is 35.5. The molecule has 0 spiro atoms. The molecule has 134 valence electrons. The van der Waals surface area contributed by atoms with E-state index in [2.05, 4.69) is 11.1 Å². The van der Waals surface area contributed by atoms with Gasteiger partial charge in [-0.3, -0.25) is 4.79 Å². The van der Waals surface area contributed by atoms with Gasteiger partial charge in [0.05, 0.1) is 23.7 Å². The molecule has 26 heavy (non-hydrogen) atoms. The number of nitrogens with two attached hydrogens (primary N) is 1. The summed E-state index contributed by atoms with van der Waals surface area (Å²) in [5, 5.41) is 9.60. The fraction of sp³-hybridized carbons (Fsp3) is 0.316. The lowest BCUT2D eigenvalue weighted by Crippen LogP contribution is -2.44. The number of ether oxygens (including phenoxy) is 1. The van der Waals surface area contributed by atoms with Gasteiger partial charge in [-0.2, -0.15) is 5.26 Å². The minimum Gasteiger partial charge on any atom is -0.472 e. The molecular formula is C19H19ClN4O2. The standard InChI is InChI=1S/C19H19ClN4O2/c1-12-13(10-21)6-7-23-18(12)26-15-3-2-8-24(11-15)19(25)16-9-14(20)4-5-17(16)22/h4-7,9,15H,2-3,8,11,22H2,1H3/t15-/m1/s1. The number of hydrogen-bond donors (Lipinski definition) is 1. The summed E-state index contributed by atoms with van der Waals surface area (Å²) in [6, 6.07) is 8.66. The van der Waals surface area contributed by atoms with E-state index in [1.165, 1.54) is 0 Å². The number of pyridine rings is 1. The number of likely N-dealkylation sites (tertiary alicyclic amines) is 1. The van der Waals surface area contributed by atoms with E-state index in [0.29, 0.717) is 46.4 Å². The number of anilines is 1. The zero-order valence-corrected chi connectivity index (χ0v) is 15.2. The predicted molar refractivity (Wildman–Crippen MR) is 99.1 cm³/mol. The summed E-state index contributed by atoms with van der Waals surface area (Å²) in [5.74, 6) is 0.277. The molecule has 6 nitrogen and oxygen atoms in total. The number of hydrogen-bond acceptors (Lipinski definition) is 5. The number of halogens is 1. The Morgan fingerprint density at radius 2 is 2.27 bits per heavy atom. The van der Waals surface area contributed by atoms with Crippen LogP contribution in [0.1, 0.15) is 34.3 Å². The molecule has 1 saturated heterocycles. The molecular weight excluding hydrogens is 352 g/mol. The van der Waals surface area contributed by atoms with Crippen LogP contribution in [-0.4, -0.2) is 35.0 Å². The number of rotatable bonds is 3. The summed E-state index contributed by atoms with van der Waals surface area (Å²) in [6.07, 6.45) is 2.99. The average molecular weight is 371 g/mol. The Morgan fingerprint density at radius 1 is 1.46 bits per heavy atom. The fourth-order valence-corrected chi connectivity index (χ4v) is 3.19. The monoisotopic (exact) mass is 370 g/mol. The first-order valence-electron chi connectivity index (χ1n) is 8.36. The number of carbonyl (C=O) groups excluding carboxylic acids is 1. The van der Waals surface area contributed by atoms with Gasteiger partial charge in [0.1, 0.15) is 6.10 Å². The summed E-state index contributed by atoms with van der Waals surface area (Å²) in [7, 11) is 0. The number of nitrogen functional groups attached to an aromatic ring is 1. The largest absolute Gasteiger partial charge is 0.472 e. The van der Waals surface area contributed by atoms with Gasteiger partial charge >= 0.3 is 0 Å². The van der Waals surface area contributed by atoms with Gasteiger partial charge in [-0.05, 0) is 44.0 Å². The molecule has 0 saturated carbocycles. The third-order valence-corrected chi connectivity index (χ3v) is 4.70. The lowest BCUT2D eigenvalue weighted by molar-refractivity contribution is 0.0527. The van der Waals surface area contributed by atoms with Crippen LogP contribution in [0.4, 0.5) is 5.69 Å². The molecule has 1 atom stereocenters. The first-order chi connectivity index (χ1) is 12.5. The molecule has 1 fully saturated rings. The molecule has 1 amide bonds. The molecule has 1 aromatic carbocycles. The van der Waals surface area contributed by atoms with Gasteiger partial charge in [0.25, 0.3) is 5.91 Å². The third-order valence-electron chi connectivity index (χ3n) is 4.47. The third kappa shape index (κ3) is 3.73. The Bertz CT molecular complexity index is 878. The van der Waals surface area contributed by atoms with Crippen LogP contribution in [-0.2, 0) is 0 Å². The number of nitrogens with zero attached hydrogens (tertiary/aromatic N) is 3. The summed E-state index contributed by atoms with van der Waals surface area (Å²) in [6.45, 7) is 2.87. The molecule has 3 rings (SSSR count). The van der Waals surface area contributed by atoms with Gasteiger partial charge in [-0.25, -0.2) is 4.98 Å². The SMILES string of the molecule is Cc1c(C#N)ccnc1O[C@@H]1CCCN(C(=O)c2cc(Cl)ccc2N)C1. The molecule has 0 radical (unpaired) electrons. The van der Waals surface area contributed by atoms with E-state index in [9.17, 15) is 4.79 Å². The normalized spacial score (nSPS) is 16.8. The van der Waals surface area contributed by atoms with Crippen LogP contribution in [0.3, 0.4) is 0 Å².